The van der Waals surface area contributed by atoms with Crippen LogP contribution in [0.1, 0.15) is 30.4 Å². The third-order valence-electron chi connectivity index (χ3n) is 3.51. The predicted molar refractivity (Wildman–Crippen MR) is 77.6 cm³/mol. The summed E-state index contributed by atoms with van der Waals surface area (Å²) in [5.41, 5.74) is 9.00. The van der Waals surface area contributed by atoms with Gasteiger partial charge in [0.05, 0.1) is 0 Å². The lowest BCUT2D eigenvalue weighted by Gasteiger charge is -2.23. The van der Waals surface area contributed by atoms with Gasteiger partial charge in [-0.05, 0) is 24.0 Å². The maximum Gasteiger partial charge on any atom is 0.0108 e. The van der Waals surface area contributed by atoms with Gasteiger partial charge in [0.25, 0.3) is 0 Å². The molecule has 0 aliphatic carbocycles. The fourth-order valence-corrected chi connectivity index (χ4v) is 2.37. The molecular formula is C17H21N. The molecule has 94 valence electrons. The van der Waals surface area contributed by atoms with Crippen LogP contribution in [0.5, 0.6) is 0 Å². The van der Waals surface area contributed by atoms with Crippen molar-refractivity contribution in [2.45, 2.75) is 31.7 Å². The Morgan fingerprint density at radius 1 is 0.889 bits per heavy atom. The Morgan fingerprint density at radius 2 is 1.44 bits per heavy atom. The van der Waals surface area contributed by atoms with Crippen LogP contribution in [0, 0.1) is 0 Å². The minimum atomic E-state index is 0.215. The van der Waals surface area contributed by atoms with Crippen molar-refractivity contribution in [1.29, 1.82) is 0 Å². The second-order valence-electron chi connectivity index (χ2n) is 4.78. The van der Waals surface area contributed by atoms with Gasteiger partial charge in [0.2, 0.25) is 0 Å². The van der Waals surface area contributed by atoms with E-state index in [0.29, 0.717) is 5.92 Å². The van der Waals surface area contributed by atoms with Gasteiger partial charge in [-0.25, -0.2) is 0 Å². The molecule has 2 aromatic carbocycles. The van der Waals surface area contributed by atoms with E-state index in [2.05, 4.69) is 67.6 Å². The van der Waals surface area contributed by atoms with Crippen LogP contribution in [0.15, 0.2) is 60.7 Å². The topological polar surface area (TPSA) is 26.0 Å². The summed E-state index contributed by atoms with van der Waals surface area (Å²) in [6.45, 7) is 2.16. The van der Waals surface area contributed by atoms with E-state index in [1.165, 1.54) is 11.1 Å². The van der Waals surface area contributed by atoms with Crippen LogP contribution in [0.3, 0.4) is 0 Å². The van der Waals surface area contributed by atoms with Crippen molar-refractivity contribution < 1.29 is 0 Å². The quantitative estimate of drug-likeness (QED) is 0.845. The Kier molecular flexibility index (Phi) is 4.54. The van der Waals surface area contributed by atoms with Crippen LogP contribution >= 0.6 is 0 Å². The van der Waals surface area contributed by atoms with Crippen LogP contribution in [0.25, 0.3) is 0 Å². The molecule has 0 saturated heterocycles. The van der Waals surface area contributed by atoms with Crippen LogP contribution in [-0.2, 0) is 6.42 Å². The molecule has 0 bridgehead atoms. The fraction of sp³-hybridized carbons (Fsp3) is 0.294. The molecule has 1 nitrogen and oxygen atoms in total. The number of hydrogen-bond acceptors (Lipinski definition) is 1. The van der Waals surface area contributed by atoms with E-state index in [1.54, 1.807) is 0 Å². The number of rotatable bonds is 5. The van der Waals surface area contributed by atoms with Crippen LogP contribution < -0.4 is 5.73 Å². The Hall–Kier alpha value is -1.60. The molecule has 2 atom stereocenters. The Labute approximate surface area is 110 Å². The Bertz CT molecular complexity index is 450. The third-order valence-corrected chi connectivity index (χ3v) is 3.51. The summed E-state index contributed by atoms with van der Waals surface area (Å²) in [5.74, 6) is 0.401. The van der Waals surface area contributed by atoms with E-state index in [4.69, 9.17) is 5.73 Å². The first kappa shape index (κ1) is 12.8. The lowest BCUT2D eigenvalue weighted by atomic mass is 9.85. The highest BCUT2D eigenvalue weighted by atomic mass is 14.6. The maximum atomic E-state index is 6.30. The van der Waals surface area contributed by atoms with Gasteiger partial charge >= 0.3 is 0 Å². The van der Waals surface area contributed by atoms with Gasteiger partial charge in [-0.1, -0.05) is 67.6 Å². The van der Waals surface area contributed by atoms with Gasteiger partial charge in [-0.15, -0.1) is 0 Å². The largest absolute Gasteiger partial charge is 0.327 e. The van der Waals surface area contributed by atoms with Crippen molar-refractivity contribution in [3.8, 4) is 0 Å². The van der Waals surface area contributed by atoms with Gasteiger partial charge in [-0.3, -0.25) is 0 Å². The summed E-state index contributed by atoms with van der Waals surface area (Å²) >= 11 is 0. The highest BCUT2D eigenvalue weighted by Gasteiger charge is 2.18. The summed E-state index contributed by atoms with van der Waals surface area (Å²) in [4.78, 5) is 0. The summed E-state index contributed by atoms with van der Waals surface area (Å²) in [6, 6.07) is 21.4. The van der Waals surface area contributed by atoms with E-state index in [9.17, 15) is 0 Å². The number of benzene rings is 2. The molecule has 0 aromatic heterocycles. The van der Waals surface area contributed by atoms with E-state index in [-0.39, 0.29) is 6.04 Å². The standard InChI is InChI=1S/C17H21N/c1-2-17(18)16(15-11-7-4-8-12-15)13-14-9-5-3-6-10-14/h3-12,16-17H,2,13,18H2,1H3. The SMILES string of the molecule is CCC(N)C(Cc1ccccc1)c1ccccc1. The van der Waals surface area contributed by atoms with Crippen molar-refractivity contribution >= 4 is 0 Å². The second kappa shape index (κ2) is 6.36. The number of nitrogens with two attached hydrogens (primary N) is 1. The summed E-state index contributed by atoms with van der Waals surface area (Å²) < 4.78 is 0. The zero-order valence-electron chi connectivity index (χ0n) is 10.9. The summed E-state index contributed by atoms with van der Waals surface area (Å²) in [7, 11) is 0. The van der Waals surface area contributed by atoms with Gasteiger partial charge in [0.15, 0.2) is 0 Å². The predicted octanol–water partition coefficient (Wildman–Crippen LogP) is 3.75. The molecule has 0 aliphatic heterocycles. The average Bonchev–Trinajstić information content (AvgIpc) is 2.46. The van der Waals surface area contributed by atoms with E-state index >= 15 is 0 Å². The molecule has 0 heterocycles. The van der Waals surface area contributed by atoms with Crippen molar-refractivity contribution in [2.24, 2.45) is 5.73 Å². The van der Waals surface area contributed by atoms with Crippen molar-refractivity contribution in [2.75, 3.05) is 0 Å². The van der Waals surface area contributed by atoms with Crippen LogP contribution in [-0.4, -0.2) is 6.04 Å². The van der Waals surface area contributed by atoms with E-state index in [0.717, 1.165) is 12.8 Å². The Morgan fingerprint density at radius 3 is 2.00 bits per heavy atom. The molecule has 2 N–H and O–H groups in total. The highest BCUT2D eigenvalue weighted by Crippen LogP contribution is 2.24. The molecule has 0 radical (unpaired) electrons. The smallest absolute Gasteiger partial charge is 0.0108 e. The van der Waals surface area contributed by atoms with Crippen molar-refractivity contribution in [3.63, 3.8) is 0 Å². The monoisotopic (exact) mass is 239 g/mol. The minimum absolute atomic E-state index is 0.215. The zero-order chi connectivity index (χ0) is 12.8. The molecule has 18 heavy (non-hydrogen) atoms. The van der Waals surface area contributed by atoms with Crippen molar-refractivity contribution in [3.05, 3.63) is 71.8 Å². The molecule has 0 saturated carbocycles. The first-order valence-corrected chi connectivity index (χ1v) is 6.65. The first-order chi connectivity index (χ1) is 8.81. The molecule has 0 spiro atoms. The molecule has 0 aliphatic rings. The van der Waals surface area contributed by atoms with Crippen LogP contribution in [0.2, 0.25) is 0 Å². The molecule has 2 unspecified atom stereocenters. The van der Waals surface area contributed by atoms with Gasteiger partial charge in [0, 0.05) is 12.0 Å². The Balaban J connectivity index is 2.21. The fourth-order valence-electron chi connectivity index (χ4n) is 2.37. The minimum Gasteiger partial charge on any atom is -0.327 e. The maximum absolute atomic E-state index is 6.30. The summed E-state index contributed by atoms with van der Waals surface area (Å²) in [6.07, 6.45) is 2.02. The second-order valence-corrected chi connectivity index (χ2v) is 4.78. The molecule has 0 fully saturated rings. The molecule has 2 aromatic rings. The molecule has 2 rings (SSSR count). The van der Waals surface area contributed by atoms with Gasteiger partial charge in [-0.2, -0.15) is 0 Å². The summed E-state index contributed by atoms with van der Waals surface area (Å²) in [5, 5.41) is 0. The van der Waals surface area contributed by atoms with E-state index in [1.807, 2.05) is 0 Å². The van der Waals surface area contributed by atoms with E-state index < -0.39 is 0 Å². The lowest BCUT2D eigenvalue weighted by Crippen LogP contribution is -2.29. The normalized spacial score (nSPS) is 14.1. The molecule has 1 heteroatoms. The first-order valence-electron chi connectivity index (χ1n) is 6.65. The third kappa shape index (κ3) is 3.21. The molecule has 0 amide bonds. The average molecular weight is 239 g/mol. The van der Waals surface area contributed by atoms with Gasteiger partial charge < -0.3 is 5.73 Å². The zero-order valence-corrected chi connectivity index (χ0v) is 10.9. The lowest BCUT2D eigenvalue weighted by molar-refractivity contribution is 0.515. The van der Waals surface area contributed by atoms with Crippen molar-refractivity contribution in [1.82, 2.24) is 0 Å². The van der Waals surface area contributed by atoms with Crippen LogP contribution in [0.4, 0.5) is 0 Å². The number of hydrogen-bond donors (Lipinski definition) is 1. The highest BCUT2D eigenvalue weighted by molar-refractivity contribution is 5.25. The van der Waals surface area contributed by atoms with Gasteiger partial charge in [0.1, 0.15) is 0 Å². The molecular weight excluding hydrogens is 218 g/mol.